The number of hydrogen-bond acceptors (Lipinski definition) is 2. The molecule has 0 aromatic rings. The first-order valence-electron chi connectivity index (χ1n) is 6.88. The lowest BCUT2D eigenvalue weighted by Crippen LogP contribution is -2.31. The molecule has 2 heteroatoms. The van der Waals surface area contributed by atoms with E-state index in [4.69, 9.17) is 4.74 Å². The van der Waals surface area contributed by atoms with Crippen LogP contribution in [0, 0.1) is 5.92 Å². The van der Waals surface area contributed by atoms with Crippen LogP contribution in [0.15, 0.2) is 24.8 Å². The Hall–Kier alpha value is -1.05. The second-order valence-corrected chi connectivity index (χ2v) is 5.31. The van der Waals surface area contributed by atoms with Crippen LogP contribution in [0.3, 0.4) is 0 Å². The average molecular weight is 252 g/mol. The van der Waals surface area contributed by atoms with Gasteiger partial charge < -0.3 is 4.74 Å². The summed E-state index contributed by atoms with van der Waals surface area (Å²) >= 11 is 0. The van der Waals surface area contributed by atoms with Gasteiger partial charge in [0, 0.05) is 5.57 Å². The normalized spacial score (nSPS) is 15.6. The zero-order valence-electron chi connectivity index (χ0n) is 12.4. The van der Waals surface area contributed by atoms with Crippen LogP contribution in [0.1, 0.15) is 59.8 Å². The first-order valence-corrected chi connectivity index (χ1v) is 6.88. The van der Waals surface area contributed by atoms with Crippen molar-refractivity contribution in [1.82, 2.24) is 0 Å². The van der Waals surface area contributed by atoms with Crippen LogP contribution in [0.25, 0.3) is 0 Å². The Kier molecular flexibility index (Phi) is 7.65. The number of esters is 1. The number of allylic oxidation sites excluding steroid dienone is 1. The van der Waals surface area contributed by atoms with Gasteiger partial charge in [0.05, 0.1) is 0 Å². The van der Waals surface area contributed by atoms with Crippen molar-refractivity contribution >= 4 is 5.97 Å². The minimum Gasteiger partial charge on any atom is -0.456 e. The first-order chi connectivity index (χ1) is 8.38. The van der Waals surface area contributed by atoms with Crippen LogP contribution >= 0.6 is 0 Å². The summed E-state index contributed by atoms with van der Waals surface area (Å²) < 4.78 is 5.56. The number of carbonyl (C=O) groups is 1. The predicted octanol–water partition coefficient (Wildman–Crippen LogP) is 4.66. The quantitative estimate of drug-likeness (QED) is 0.339. The monoisotopic (exact) mass is 252 g/mol. The van der Waals surface area contributed by atoms with E-state index in [9.17, 15) is 4.79 Å². The van der Waals surface area contributed by atoms with Gasteiger partial charge in [0.15, 0.2) is 0 Å². The highest BCUT2D eigenvalue weighted by molar-refractivity contribution is 5.87. The summed E-state index contributed by atoms with van der Waals surface area (Å²) in [5.74, 6) is 0.355. The van der Waals surface area contributed by atoms with Crippen LogP contribution in [0.2, 0.25) is 0 Å². The topological polar surface area (TPSA) is 26.3 Å². The van der Waals surface area contributed by atoms with Gasteiger partial charge in [-0.05, 0) is 45.4 Å². The molecule has 2 atom stereocenters. The van der Waals surface area contributed by atoms with Crippen molar-refractivity contribution in [3.05, 3.63) is 24.8 Å². The highest BCUT2D eigenvalue weighted by Crippen LogP contribution is 2.27. The molecule has 2 unspecified atom stereocenters. The summed E-state index contributed by atoms with van der Waals surface area (Å²) in [7, 11) is 0. The summed E-state index contributed by atoms with van der Waals surface area (Å²) in [5.41, 5.74) is 0.0951. The van der Waals surface area contributed by atoms with Crippen molar-refractivity contribution in [2.24, 2.45) is 5.92 Å². The van der Waals surface area contributed by atoms with Crippen molar-refractivity contribution in [3.63, 3.8) is 0 Å². The van der Waals surface area contributed by atoms with Crippen LogP contribution in [0.5, 0.6) is 0 Å². The van der Waals surface area contributed by atoms with Gasteiger partial charge in [-0.3, -0.25) is 0 Å². The molecule has 0 radical (unpaired) electrons. The molecule has 0 heterocycles. The molecule has 0 saturated heterocycles. The summed E-state index contributed by atoms with van der Waals surface area (Å²) in [5, 5.41) is 0. The minimum atomic E-state index is -0.370. The number of carbonyl (C=O) groups excluding carboxylic acids is 1. The third-order valence-corrected chi connectivity index (χ3v) is 3.59. The molecule has 18 heavy (non-hydrogen) atoms. The van der Waals surface area contributed by atoms with E-state index in [-0.39, 0.29) is 11.6 Å². The largest absolute Gasteiger partial charge is 0.456 e. The zero-order valence-corrected chi connectivity index (χ0v) is 12.4. The molecule has 0 spiro atoms. The van der Waals surface area contributed by atoms with E-state index in [0.717, 1.165) is 32.1 Å². The van der Waals surface area contributed by atoms with E-state index in [0.29, 0.717) is 11.5 Å². The predicted molar refractivity (Wildman–Crippen MR) is 77.4 cm³/mol. The maximum absolute atomic E-state index is 11.6. The summed E-state index contributed by atoms with van der Waals surface area (Å²) in [6, 6.07) is 0. The minimum absolute atomic E-state index is 0.281. The van der Waals surface area contributed by atoms with Crippen molar-refractivity contribution in [2.45, 2.75) is 65.4 Å². The number of rotatable bonds is 9. The molecule has 0 rings (SSSR count). The molecule has 0 bridgehead atoms. The molecular weight excluding hydrogens is 224 g/mol. The van der Waals surface area contributed by atoms with Crippen LogP contribution in [-0.4, -0.2) is 11.6 Å². The highest BCUT2D eigenvalue weighted by Gasteiger charge is 2.27. The molecule has 0 aliphatic heterocycles. The second-order valence-electron chi connectivity index (χ2n) is 5.31. The Bertz CT molecular complexity index is 293. The van der Waals surface area contributed by atoms with Crippen molar-refractivity contribution in [3.8, 4) is 0 Å². The van der Waals surface area contributed by atoms with Crippen molar-refractivity contribution < 1.29 is 9.53 Å². The van der Waals surface area contributed by atoms with Gasteiger partial charge in [0.1, 0.15) is 5.60 Å². The maximum Gasteiger partial charge on any atom is 0.333 e. The molecule has 0 aromatic carbocycles. The number of ether oxygens (including phenoxy) is 1. The van der Waals surface area contributed by atoms with Gasteiger partial charge >= 0.3 is 5.97 Å². The molecule has 0 amide bonds. The third-order valence-electron chi connectivity index (χ3n) is 3.59. The van der Waals surface area contributed by atoms with E-state index < -0.39 is 0 Å². The van der Waals surface area contributed by atoms with Gasteiger partial charge in [0.2, 0.25) is 0 Å². The average Bonchev–Trinajstić information content (AvgIpc) is 2.34. The first kappa shape index (κ1) is 16.9. The van der Waals surface area contributed by atoms with E-state index >= 15 is 0 Å². The van der Waals surface area contributed by atoms with E-state index in [2.05, 4.69) is 27.0 Å². The Labute approximate surface area is 112 Å². The molecule has 0 fully saturated rings. The molecule has 104 valence electrons. The summed E-state index contributed by atoms with van der Waals surface area (Å²) in [6.07, 6.45) is 6.93. The Morgan fingerprint density at radius 3 is 2.44 bits per heavy atom. The fourth-order valence-corrected chi connectivity index (χ4v) is 1.84. The highest BCUT2D eigenvalue weighted by atomic mass is 16.6. The molecular formula is C16H28O2. The lowest BCUT2D eigenvalue weighted by Gasteiger charge is -2.30. The molecule has 2 nitrogen and oxygen atoms in total. The van der Waals surface area contributed by atoms with Gasteiger partial charge in [-0.15, -0.1) is 6.58 Å². The van der Waals surface area contributed by atoms with Crippen molar-refractivity contribution in [2.75, 3.05) is 0 Å². The zero-order chi connectivity index (χ0) is 14.2. The molecule has 0 N–H and O–H groups in total. The molecule has 0 aliphatic carbocycles. The Morgan fingerprint density at radius 2 is 2.06 bits per heavy atom. The maximum atomic E-state index is 11.6. The number of hydrogen-bond donors (Lipinski definition) is 0. The Morgan fingerprint density at radius 1 is 1.44 bits per heavy atom. The van der Waals surface area contributed by atoms with E-state index in [1.807, 2.05) is 13.0 Å². The standard InChI is InChI=1S/C16H28O2/c1-7-10-14(8-2)11-12-16(6,9-3)18-15(17)13(4)5/h7,14H,1,4,8-12H2,2-3,5-6H3. The van der Waals surface area contributed by atoms with Crippen molar-refractivity contribution in [1.29, 1.82) is 0 Å². The van der Waals surface area contributed by atoms with Crippen LogP contribution < -0.4 is 0 Å². The SMILES string of the molecule is C=CCC(CC)CCC(C)(CC)OC(=O)C(=C)C. The fraction of sp³-hybridized carbons (Fsp3) is 0.688. The summed E-state index contributed by atoms with van der Waals surface area (Å²) in [4.78, 5) is 11.6. The van der Waals surface area contributed by atoms with Crippen LogP contribution in [0.4, 0.5) is 0 Å². The van der Waals surface area contributed by atoms with Gasteiger partial charge in [0.25, 0.3) is 0 Å². The Balaban J connectivity index is 4.42. The van der Waals surface area contributed by atoms with E-state index in [1.165, 1.54) is 0 Å². The smallest absolute Gasteiger partial charge is 0.333 e. The lowest BCUT2D eigenvalue weighted by atomic mass is 9.88. The van der Waals surface area contributed by atoms with Crippen LogP contribution in [-0.2, 0) is 9.53 Å². The molecule has 0 saturated carbocycles. The second kappa shape index (κ2) is 8.12. The summed E-state index contributed by atoms with van der Waals surface area (Å²) in [6.45, 7) is 15.4. The third kappa shape index (κ3) is 6.04. The van der Waals surface area contributed by atoms with Gasteiger partial charge in [-0.1, -0.05) is 32.9 Å². The van der Waals surface area contributed by atoms with E-state index in [1.54, 1.807) is 6.92 Å². The molecule has 0 aromatic heterocycles. The lowest BCUT2D eigenvalue weighted by molar-refractivity contribution is -0.154. The molecule has 0 aliphatic rings. The van der Waals surface area contributed by atoms with Gasteiger partial charge in [-0.25, -0.2) is 4.79 Å². The van der Waals surface area contributed by atoms with Gasteiger partial charge in [-0.2, -0.15) is 0 Å². The fourth-order valence-electron chi connectivity index (χ4n) is 1.84.